The number of aromatic amines is 1. The van der Waals surface area contributed by atoms with Gasteiger partial charge in [-0.1, -0.05) is 0 Å². The van der Waals surface area contributed by atoms with Crippen molar-refractivity contribution in [3.05, 3.63) is 27.6 Å². The van der Waals surface area contributed by atoms with Crippen molar-refractivity contribution in [1.29, 1.82) is 0 Å². The second-order valence-electron chi connectivity index (χ2n) is 7.40. The van der Waals surface area contributed by atoms with Crippen LogP contribution in [0.5, 0.6) is 0 Å². The molecule has 1 unspecified atom stereocenters. The van der Waals surface area contributed by atoms with E-state index in [-0.39, 0.29) is 17.0 Å². The van der Waals surface area contributed by atoms with Crippen LogP contribution in [0, 0.1) is 5.41 Å². The van der Waals surface area contributed by atoms with Gasteiger partial charge in [0.05, 0.1) is 12.1 Å². The highest BCUT2D eigenvalue weighted by molar-refractivity contribution is 7.17. The molecule has 2 saturated heterocycles. The number of carbonyl (C=O) groups is 1. The molecule has 0 aliphatic carbocycles. The van der Waals surface area contributed by atoms with Gasteiger partial charge in [0, 0.05) is 6.54 Å². The number of likely N-dealkylation sites (tertiary alicyclic amines) is 2. The van der Waals surface area contributed by atoms with Crippen LogP contribution >= 0.6 is 11.3 Å². The molecule has 4 heterocycles. The third-order valence-corrected chi connectivity index (χ3v) is 6.58. The summed E-state index contributed by atoms with van der Waals surface area (Å²) in [6, 6.07) is 1.52. The number of likely N-dealkylation sites (N-methyl/N-ethyl adjacent to an activating group) is 1. The Balaban J connectivity index is 1.42. The third-order valence-electron chi connectivity index (χ3n) is 5.68. The maximum atomic E-state index is 12.1. The smallest absolute Gasteiger partial charge is 0.320 e. The molecule has 7 nitrogen and oxygen atoms in total. The Morgan fingerprint density at radius 2 is 2.24 bits per heavy atom. The van der Waals surface area contributed by atoms with Gasteiger partial charge in [0.25, 0.3) is 5.56 Å². The topological polar surface area (TPSA) is 89.5 Å². The van der Waals surface area contributed by atoms with Crippen LogP contribution in [0.3, 0.4) is 0 Å². The van der Waals surface area contributed by atoms with Gasteiger partial charge in [0.1, 0.15) is 16.6 Å². The summed E-state index contributed by atoms with van der Waals surface area (Å²) in [6.45, 7) is 3.31. The number of nitrogens with one attached hydrogen (secondary N) is 1. The highest BCUT2D eigenvalue weighted by Gasteiger charge is 2.46. The highest BCUT2D eigenvalue weighted by Crippen LogP contribution is 2.42. The van der Waals surface area contributed by atoms with E-state index in [2.05, 4.69) is 14.9 Å². The first-order valence-electron chi connectivity index (χ1n) is 8.58. The van der Waals surface area contributed by atoms with E-state index in [0.29, 0.717) is 17.1 Å². The van der Waals surface area contributed by atoms with Gasteiger partial charge in [-0.3, -0.25) is 19.4 Å². The number of nitrogens with zero attached hydrogens (tertiary/aromatic N) is 3. The van der Waals surface area contributed by atoms with Gasteiger partial charge < -0.3 is 10.1 Å². The lowest BCUT2D eigenvalue weighted by atomic mass is 9.76. The number of piperidine rings is 1. The molecule has 2 aromatic heterocycles. The maximum absolute atomic E-state index is 12.1. The van der Waals surface area contributed by atoms with Crippen LogP contribution in [-0.4, -0.2) is 63.6 Å². The summed E-state index contributed by atoms with van der Waals surface area (Å²) in [7, 11) is 1.91. The first-order chi connectivity index (χ1) is 12.0. The van der Waals surface area contributed by atoms with Crippen molar-refractivity contribution in [3.63, 3.8) is 0 Å². The predicted octanol–water partition coefficient (Wildman–Crippen LogP) is 1.36. The quantitative estimate of drug-likeness (QED) is 0.857. The van der Waals surface area contributed by atoms with Crippen molar-refractivity contribution in [3.8, 4) is 0 Å². The van der Waals surface area contributed by atoms with E-state index in [0.717, 1.165) is 44.4 Å². The van der Waals surface area contributed by atoms with Gasteiger partial charge >= 0.3 is 5.97 Å². The minimum atomic E-state index is -0.715. The predicted molar refractivity (Wildman–Crippen MR) is 95.9 cm³/mol. The molecule has 1 atom stereocenters. The van der Waals surface area contributed by atoms with Crippen molar-refractivity contribution >= 4 is 27.5 Å². The number of H-pyrrole nitrogens is 1. The molecule has 0 radical (unpaired) electrons. The summed E-state index contributed by atoms with van der Waals surface area (Å²) in [4.78, 5) is 35.2. The van der Waals surface area contributed by atoms with Gasteiger partial charge in [-0.25, -0.2) is 4.98 Å². The number of rotatable bonds is 3. The molecule has 2 fully saturated rings. The van der Waals surface area contributed by atoms with Gasteiger partial charge in [0.2, 0.25) is 0 Å². The number of hydrogen-bond donors (Lipinski definition) is 2. The fourth-order valence-corrected chi connectivity index (χ4v) is 5.03. The van der Waals surface area contributed by atoms with Gasteiger partial charge in [-0.05, 0) is 56.3 Å². The molecule has 25 heavy (non-hydrogen) atoms. The second kappa shape index (κ2) is 6.19. The van der Waals surface area contributed by atoms with Crippen LogP contribution < -0.4 is 5.56 Å². The summed E-state index contributed by atoms with van der Waals surface area (Å²) in [5, 5.41) is 11.2. The highest BCUT2D eigenvalue weighted by atomic mass is 32.1. The standard InChI is InChI=1S/C17H22N4O3S/c1-20-10-17(8-12(20)16(23)24)3-5-21(6-4-17)9-13-18-11-2-7-25-14(11)15(22)19-13/h2,7,12H,3-6,8-10H2,1H3,(H,23,24)(H,18,19,22). The molecule has 134 valence electrons. The van der Waals surface area contributed by atoms with Crippen LogP contribution in [0.1, 0.15) is 25.1 Å². The Labute approximate surface area is 149 Å². The van der Waals surface area contributed by atoms with E-state index in [1.807, 2.05) is 23.4 Å². The van der Waals surface area contributed by atoms with E-state index in [4.69, 9.17) is 0 Å². The number of carboxylic acid groups (broad SMARTS) is 1. The zero-order chi connectivity index (χ0) is 17.6. The SMILES string of the molecule is CN1CC2(CCN(Cc3nc4ccsc4c(=O)[nH]3)CC2)CC1C(=O)O. The number of carboxylic acids is 1. The molecular weight excluding hydrogens is 340 g/mol. The first kappa shape index (κ1) is 16.7. The molecular formula is C17H22N4O3S. The summed E-state index contributed by atoms with van der Waals surface area (Å²) < 4.78 is 0.676. The fraction of sp³-hybridized carbons (Fsp3) is 0.588. The number of fused-ring (bicyclic) bond motifs is 1. The molecule has 0 bridgehead atoms. The average Bonchev–Trinajstić information content (AvgIpc) is 3.15. The van der Waals surface area contributed by atoms with E-state index in [9.17, 15) is 14.7 Å². The van der Waals surface area contributed by atoms with Crippen molar-refractivity contribution in [1.82, 2.24) is 19.8 Å². The number of thiophene rings is 1. The molecule has 2 aliphatic rings. The molecule has 0 amide bonds. The third kappa shape index (κ3) is 3.09. The number of aliphatic carboxylic acids is 1. The van der Waals surface area contributed by atoms with Crippen LogP contribution in [0.2, 0.25) is 0 Å². The summed E-state index contributed by atoms with van der Waals surface area (Å²) >= 11 is 1.41. The zero-order valence-corrected chi connectivity index (χ0v) is 15.0. The Bertz CT molecular complexity index is 853. The lowest BCUT2D eigenvalue weighted by Gasteiger charge is -2.39. The fourth-order valence-electron chi connectivity index (χ4n) is 4.30. The molecule has 2 aromatic rings. The molecule has 2 aliphatic heterocycles. The monoisotopic (exact) mass is 362 g/mol. The molecule has 8 heteroatoms. The van der Waals surface area contributed by atoms with Gasteiger partial charge in [-0.15, -0.1) is 11.3 Å². The van der Waals surface area contributed by atoms with E-state index in [1.165, 1.54) is 11.3 Å². The van der Waals surface area contributed by atoms with E-state index >= 15 is 0 Å². The Morgan fingerprint density at radius 3 is 2.92 bits per heavy atom. The largest absolute Gasteiger partial charge is 0.480 e. The molecule has 0 aromatic carbocycles. The van der Waals surface area contributed by atoms with Crippen molar-refractivity contribution in [2.75, 3.05) is 26.7 Å². The average molecular weight is 362 g/mol. The van der Waals surface area contributed by atoms with Gasteiger partial charge in [0.15, 0.2) is 0 Å². The van der Waals surface area contributed by atoms with Crippen molar-refractivity contribution < 1.29 is 9.90 Å². The lowest BCUT2D eigenvalue weighted by molar-refractivity contribution is -0.141. The van der Waals surface area contributed by atoms with Crippen LogP contribution in [0.15, 0.2) is 16.2 Å². The zero-order valence-electron chi connectivity index (χ0n) is 14.2. The summed E-state index contributed by atoms with van der Waals surface area (Å²) in [6.07, 6.45) is 2.72. The van der Waals surface area contributed by atoms with Crippen LogP contribution in [0.4, 0.5) is 0 Å². The number of hydrogen-bond acceptors (Lipinski definition) is 6. The first-order valence-corrected chi connectivity index (χ1v) is 9.46. The van der Waals surface area contributed by atoms with Crippen LogP contribution in [0.25, 0.3) is 10.2 Å². The summed E-state index contributed by atoms with van der Waals surface area (Å²) in [5.41, 5.74) is 0.816. The second-order valence-corrected chi connectivity index (χ2v) is 8.31. The lowest BCUT2D eigenvalue weighted by Crippen LogP contribution is -2.41. The summed E-state index contributed by atoms with van der Waals surface area (Å²) in [5.74, 6) is -0.00792. The molecule has 1 spiro atoms. The van der Waals surface area contributed by atoms with Crippen molar-refractivity contribution in [2.24, 2.45) is 5.41 Å². The molecule has 4 rings (SSSR count). The minimum Gasteiger partial charge on any atom is -0.480 e. The Morgan fingerprint density at radius 1 is 1.48 bits per heavy atom. The maximum Gasteiger partial charge on any atom is 0.320 e. The Hall–Kier alpha value is -1.77. The molecule has 0 saturated carbocycles. The van der Waals surface area contributed by atoms with Crippen molar-refractivity contribution in [2.45, 2.75) is 31.8 Å². The molecule has 2 N–H and O–H groups in total. The van der Waals surface area contributed by atoms with E-state index < -0.39 is 5.97 Å². The number of aromatic nitrogens is 2. The normalized spacial score (nSPS) is 24.3. The minimum absolute atomic E-state index is 0.0646. The Kier molecular flexibility index (Phi) is 4.13. The van der Waals surface area contributed by atoms with Gasteiger partial charge in [-0.2, -0.15) is 0 Å². The van der Waals surface area contributed by atoms with E-state index in [1.54, 1.807) is 0 Å². The van der Waals surface area contributed by atoms with Crippen LogP contribution in [-0.2, 0) is 11.3 Å².